The van der Waals surface area contributed by atoms with E-state index in [1.807, 2.05) is 6.26 Å². The molecule has 0 spiro atoms. The second kappa shape index (κ2) is 5.37. The van der Waals surface area contributed by atoms with Crippen LogP contribution in [0.1, 0.15) is 0 Å². The molecule has 6 heteroatoms. The predicted molar refractivity (Wildman–Crippen MR) is 56.9 cm³/mol. The van der Waals surface area contributed by atoms with Crippen molar-refractivity contribution >= 4 is 23.6 Å². The molecule has 15 heavy (non-hydrogen) atoms. The van der Waals surface area contributed by atoms with Crippen molar-refractivity contribution in [3.63, 3.8) is 0 Å². The van der Waals surface area contributed by atoms with Gasteiger partial charge in [-0.15, -0.1) is 0 Å². The van der Waals surface area contributed by atoms with E-state index in [2.05, 4.69) is 0 Å². The summed E-state index contributed by atoms with van der Waals surface area (Å²) in [7, 11) is 1.63. The fraction of sp³-hybridized carbons (Fsp3) is 0.778. The van der Waals surface area contributed by atoms with Crippen molar-refractivity contribution in [1.82, 2.24) is 4.90 Å². The Bertz CT molecular complexity index is 258. The lowest BCUT2D eigenvalue weighted by molar-refractivity contribution is -0.144. The molecule has 0 radical (unpaired) electrons. The van der Waals surface area contributed by atoms with E-state index in [1.165, 1.54) is 16.7 Å². The zero-order valence-corrected chi connectivity index (χ0v) is 9.62. The van der Waals surface area contributed by atoms with Gasteiger partial charge in [-0.1, -0.05) is 0 Å². The maximum absolute atomic E-state index is 11.6. The van der Waals surface area contributed by atoms with Gasteiger partial charge >= 0.3 is 5.97 Å². The number of carboxylic acid groups (broad SMARTS) is 1. The van der Waals surface area contributed by atoms with E-state index < -0.39 is 11.9 Å². The van der Waals surface area contributed by atoms with Crippen LogP contribution >= 0.6 is 11.8 Å². The number of carboxylic acids is 1. The van der Waals surface area contributed by atoms with Gasteiger partial charge in [0.2, 0.25) is 5.91 Å². The smallest absolute Gasteiger partial charge is 0.311 e. The van der Waals surface area contributed by atoms with Crippen LogP contribution in [0.5, 0.6) is 0 Å². The fourth-order valence-electron chi connectivity index (χ4n) is 1.57. The SMILES string of the molecule is CSCC(=O)N(C)C1COCC1C(=O)O. The molecule has 86 valence electrons. The highest BCUT2D eigenvalue weighted by Gasteiger charge is 2.38. The Balaban J connectivity index is 2.61. The second-order valence-electron chi connectivity index (χ2n) is 3.49. The predicted octanol–water partition coefficient (Wildman–Crippen LogP) is -0.0926. The van der Waals surface area contributed by atoms with Gasteiger partial charge in [0, 0.05) is 7.05 Å². The number of thioether (sulfide) groups is 1. The van der Waals surface area contributed by atoms with Crippen molar-refractivity contribution in [2.75, 3.05) is 32.3 Å². The van der Waals surface area contributed by atoms with Crippen LogP contribution in [0.2, 0.25) is 0 Å². The lowest BCUT2D eigenvalue weighted by Crippen LogP contribution is -2.44. The van der Waals surface area contributed by atoms with E-state index in [9.17, 15) is 9.59 Å². The van der Waals surface area contributed by atoms with Crippen LogP contribution < -0.4 is 0 Å². The molecule has 1 fully saturated rings. The summed E-state index contributed by atoms with van der Waals surface area (Å²) in [5, 5.41) is 8.92. The average molecular weight is 233 g/mol. The summed E-state index contributed by atoms with van der Waals surface area (Å²) in [5.74, 6) is -1.18. The first kappa shape index (κ1) is 12.3. The minimum atomic E-state index is -0.902. The molecule has 1 N–H and O–H groups in total. The molecule has 1 rings (SSSR count). The molecule has 1 amide bonds. The fourth-order valence-corrected chi connectivity index (χ4v) is 2.02. The number of amides is 1. The molecular weight excluding hydrogens is 218 g/mol. The molecule has 1 aliphatic heterocycles. The number of hydrogen-bond donors (Lipinski definition) is 1. The molecule has 1 heterocycles. The summed E-state index contributed by atoms with van der Waals surface area (Å²) >= 11 is 1.43. The van der Waals surface area contributed by atoms with E-state index in [0.717, 1.165) is 0 Å². The third-order valence-corrected chi connectivity index (χ3v) is 3.06. The highest BCUT2D eigenvalue weighted by molar-refractivity contribution is 7.99. The Hall–Kier alpha value is -0.750. The summed E-state index contributed by atoms with van der Waals surface area (Å²) in [6, 6.07) is -0.331. The van der Waals surface area contributed by atoms with E-state index in [-0.39, 0.29) is 18.6 Å². The summed E-state index contributed by atoms with van der Waals surface area (Å²) in [6.45, 7) is 0.504. The van der Waals surface area contributed by atoms with Crippen molar-refractivity contribution in [3.8, 4) is 0 Å². The largest absolute Gasteiger partial charge is 0.481 e. The molecule has 1 saturated heterocycles. The van der Waals surface area contributed by atoms with Crippen molar-refractivity contribution in [3.05, 3.63) is 0 Å². The molecule has 2 atom stereocenters. The number of rotatable bonds is 4. The van der Waals surface area contributed by atoms with E-state index >= 15 is 0 Å². The number of carbonyl (C=O) groups is 2. The molecule has 0 bridgehead atoms. The van der Waals surface area contributed by atoms with E-state index in [4.69, 9.17) is 9.84 Å². The molecular formula is C9H15NO4S. The Labute approximate surface area is 92.8 Å². The Morgan fingerprint density at radius 3 is 2.73 bits per heavy atom. The van der Waals surface area contributed by atoms with Crippen molar-refractivity contribution in [1.29, 1.82) is 0 Å². The number of aliphatic carboxylic acids is 1. The third kappa shape index (κ3) is 2.85. The van der Waals surface area contributed by atoms with Gasteiger partial charge in [-0.2, -0.15) is 11.8 Å². The Kier molecular flexibility index (Phi) is 4.41. The number of nitrogens with zero attached hydrogens (tertiary/aromatic N) is 1. The Morgan fingerprint density at radius 1 is 1.53 bits per heavy atom. The molecule has 0 aromatic carbocycles. The summed E-state index contributed by atoms with van der Waals surface area (Å²) in [6.07, 6.45) is 1.84. The van der Waals surface area contributed by atoms with Crippen molar-refractivity contribution in [2.45, 2.75) is 6.04 Å². The van der Waals surface area contributed by atoms with E-state index in [0.29, 0.717) is 12.4 Å². The van der Waals surface area contributed by atoms with Crippen LogP contribution in [0, 0.1) is 5.92 Å². The van der Waals surface area contributed by atoms with Crippen LogP contribution in [0.25, 0.3) is 0 Å². The second-order valence-corrected chi connectivity index (χ2v) is 4.35. The molecule has 0 saturated carbocycles. The van der Waals surface area contributed by atoms with Crippen LogP contribution in [0.15, 0.2) is 0 Å². The van der Waals surface area contributed by atoms with Gasteiger partial charge in [-0.3, -0.25) is 9.59 Å². The molecule has 5 nitrogen and oxygen atoms in total. The first-order chi connectivity index (χ1) is 7.07. The first-order valence-corrected chi connectivity index (χ1v) is 6.02. The Morgan fingerprint density at radius 2 is 2.20 bits per heavy atom. The van der Waals surface area contributed by atoms with Gasteiger partial charge < -0.3 is 14.7 Å². The van der Waals surface area contributed by atoms with Gasteiger partial charge in [0.1, 0.15) is 5.92 Å². The number of likely N-dealkylation sites (N-methyl/N-ethyl adjacent to an activating group) is 1. The highest BCUT2D eigenvalue weighted by Crippen LogP contribution is 2.19. The van der Waals surface area contributed by atoms with Gasteiger partial charge in [0.15, 0.2) is 0 Å². The van der Waals surface area contributed by atoms with E-state index in [1.54, 1.807) is 7.05 Å². The minimum absolute atomic E-state index is 0.0516. The third-order valence-electron chi connectivity index (χ3n) is 2.53. The molecule has 0 aromatic rings. The number of hydrogen-bond acceptors (Lipinski definition) is 4. The maximum atomic E-state index is 11.6. The molecule has 0 aromatic heterocycles. The first-order valence-electron chi connectivity index (χ1n) is 4.63. The monoisotopic (exact) mass is 233 g/mol. The van der Waals surface area contributed by atoms with Gasteiger partial charge in [-0.25, -0.2) is 0 Å². The average Bonchev–Trinajstić information content (AvgIpc) is 2.65. The zero-order chi connectivity index (χ0) is 11.4. The van der Waals surface area contributed by atoms with Gasteiger partial charge in [0.05, 0.1) is 25.0 Å². The molecule has 1 aliphatic rings. The quantitative estimate of drug-likeness (QED) is 0.735. The lowest BCUT2D eigenvalue weighted by atomic mass is 10.0. The number of carbonyl (C=O) groups excluding carboxylic acids is 1. The van der Waals surface area contributed by atoms with Crippen LogP contribution in [0.4, 0.5) is 0 Å². The standard InChI is InChI=1S/C9H15NO4S/c1-10(8(11)5-15-2)7-4-14-3-6(7)9(12)13/h6-7H,3-5H2,1-2H3,(H,12,13). The zero-order valence-electron chi connectivity index (χ0n) is 8.80. The van der Waals surface area contributed by atoms with Crippen LogP contribution in [0.3, 0.4) is 0 Å². The van der Waals surface area contributed by atoms with Gasteiger partial charge in [-0.05, 0) is 6.26 Å². The molecule has 2 unspecified atom stereocenters. The summed E-state index contributed by atoms with van der Waals surface area (Å²) in [5.41, 5.74) is 0. The highest BCUT2D eigenvalue weighted by atomic mass is 32.2. The van der Waals surface area contributed by atoms with Crippen LogP contribution in [-0.4, -0.2) is 60.2 Å². The van der Waals surface area contributed by atoms with Crippen molar-refractivity contribution < 1.29 is 19.4 Å². The van der Waals surface area contributed by atoms with Crippen LogP contribution in [-0.2, 0) is 14.3 Å². The van der Waals surface area contributed by atoms with Crippen molar-refractivity contribution in [2.24, 2.45) is 5.92 Å². The number of ether oxygens (including phenoxy) is 1. The minimum Gasteiger partial charge on any atom is -0.481 e. The molecule has 0 aliphatic carbocycles. The normalized spacial score (nSPS) is 25.2. The topological polar surface area (TPSA) is 66.8 Å². The summed E-state index contributed by atoms with van der Waals surface area (Å²) < 4.78 is 5.10. The summed E-state index contributed by atoms with van der Waals surface area (Å²) in [4.78, 5) is 23.9. The maximum Gasteiger partial charge on any atom is 0.311 e. The van der Waals surface area contributed by atoms with Gasteiger partial charge in [0.25, 0.3) is 0 Å². The lowest BCUT2D eigenvalue weighted by Gasteiger charge is -2.26.